The molecule has 1 unspecified atom stereocenters. The third kappa shape index (κ3) is 3.30. The third-order valence-electron chi connectivity index (χ3n) is 4.40. The molecule has 1 rings (SSSR count). The van der Waals surface area contributed by atoms with Crippen LogP contribution in [0.5, 0.6) is 0 Å². The van der Waals surface area contributed by atoms with E-state index in [9.17, 15) is 9.90 Å². The molecule has 0 aromatic carbocycles. The van der Waals surface area contributed by atoms with E-state index in [0.717, 1.165) is 5.69 Å². The summed E-state index contributed by atoms with van der Waals surface area (Å²) in [7, 11) is -0.590. The number of aromatic nitrogens is 2. The van der Waals surface area contributed by atoms with Gasteiger partial charge in [0.05, 0.1) is 26.6 Å². The van der Waals surface area contributed by atoms with Crippen LogP contribution in [0.1, 0.15) is 37.9 Å². The lowest BCUT2D eigenvalue weighted by Gasteiger charge is -2.39. The van der Waals surface area contributed by atoms with Gasteiger partial charge in [-0.15, -0.1) is 0 Å². The predicted octanol–water partition coefficient (Wildman–Crippen LogP) is 2.45. The molecular formula is C14H26N2O3Si. The molecule has 1 aromatic rings. The van der Waals surface area contributed by atoms with Gasteiger partial charge in [0.1, 0.15) is 6.54 Å². The van der Waals surface area contributed by atoms with E-state index in [4.69, 9.17) is 0 Å². The SMILES string of the molecule is COC(=O)Cn1nc(C(O)[Si](C)(C)C(C)(C)C)cc1C. The number of carbonyl (C=O) groups excluding carboxylic acids is 1. The van der Waals surface area contributed by atoms with Gasteiger partial charge in [0.15, 0.2) is 0 Å². The third-order valence-corrected chi connectivity index (χ3v) is 9.93. The van der Waals surface area contributed by atoms with Crippen molar-refractivity contribution in [1.29, 1.82) is 0 Å². The second-order valence-electron chi connectivity index (χ2n) is 6.82. The topological polar surface area (TPSA) is 64.4 Å². The molecule has 0 aliphatic carbocycles. The number of aliphatic hydroxyl groups is 1. The van der Waals surface area contributed by atoms with Crippen molar-refractivity contribution in [2.75, 3.05) is 7.11 Å². The molecule has 1 N–H and O–H groups in total. The largest absolute Gasteiger partial charge is 0.468 e. The van der Waals surface area contributed by atoms with Crippen LogP contribution in [-0.4, -0.2) is 36.0 Å². The fourth-order valence-electron chi connectivity index (χ4n) is 1.80. The van der Waals surface area contributed by atoms with Crippen molar-refractivity contribution < 1.29 is 14.6 Å². The van der Waals surface area contributed by atoms with Crippen molar-refractivity contribution in [3.8, 4) is 0 Å². The summed E-state index contributed by atoms with van der Waals surface area (Å²) in [6.45, 7) is 12.7. The predicted molar refractivity (Wildman–Crippen MR) is 81.1 cm³/mol. The number of ether oxygens (including phenoxy) is 1. The average molecular weight is 298 g/mol. The quantitative estimate of drug-likeness (QED) is 0.685. The summed E-state index contributed by atoms with van der Waals surface area (Å²) in [6.07, 6.45) is 0. The van der Waals surface area contributed by atoms with Crippen LogP contribution in [0.2, 0.25) is 18.1 Å². The number of nitrogens with zero attached hydrogens (tertiary/aromatic N) is 2. The van der Waals surface area contributed by atoms with Crippen molar-refractivity contribution in [3.05, 3.63) is 17.5 Å². The Bertz CT molecular complexity index is 489. The summed E-state index contributed by atoms with van der Waals surface area (Å²) in [5.41, 5.74) is 0.946. The minimum atomic E-state index is -1.94. The maximum absolute atomic E-state index is 11.3. The number of hydrogen-bond donors (Lipinski definition) is 1. The molecular weight excluding hydrogens is 272 g/mol. The zero-order valence-electron chi connectivity index (χ0n) is 13.5. The number of rotatable bonds is 4. The minimum Gasteiger partial charge on any atom is -0.468 e. The molecule has 6 heteroatoms. The normalized spacial score (nSPS) is 14.2. The molecule has 0 aliphatic heterocycles. The second-order valence-corrected chi connectivity index (χ2v) is 12.3. The Kier molecular flexibility index (Phi) is 4.81. The van der Waals surface area contributed by atoms with Crippen molar-refractivity contribution >= 4 is 14.0 Å². The highest BCUT2D eigenvalue weighted by molar-refractivity contribution is 6.80. The first-order valence-corrected chi connectivity index (χ1v) is 9.87. The molecule has 0 fully saturated rings. The van der Waals surface area contributed by atoms with Crippen LogP contribution in [0.15, 0.2) is 6.07 Å². The molecule has 20 heavy (non-hydrogen) atoms. The molecule has 1 aromatic heterocycles. The zero-order valence-corrected chi connectivity index (χ0v) is 14.5. The first-order chi connectivity index (χ1) is 9.00. The molecule has 0 amide bonds. The number of hydrogen-bond acceptors (Lipinski definition) is 4. The summed E-state index contributed by atoms with van der Waals surface area (Å²) in [6, 6.07) is 1.86. The molecule has 0 spiro atoms. The van der Waals surface area contributed by atoms with Gasteiger partial charge in [-0.3, -0.25) is 9.48 Å². The maximum atomic E-state index is 11.3. The Balaban J connectivity index is 3.04. The smallest absolute Gasteiger partial charge is 0.327 e. The molecule has 114 valence electrons. The van der Waals surface area contributed by atoms with E-state index in [-0.39, 0.29) is 17.6 Å². The summed E-state index contributed by atoms with van der Waals surface area (Å²) < 4.78 is 6.23. The summed E-state index contributed by atoms with van der Waals surface area (Å²) in [5.74, 6) is -0.343. The molecule has 5 nitrogen and oxygen atoms in total. The van der Waals surface area contributed by atoms with E-state index in [1.165, 1.54) is 7.11 Å². The monoisotopic (exact) mass is 298 g/mol. The number of aliphatic hydroxyl groups excluding tert-OH is 1. The molecule has 0 radical (unpaired) electrons. The van der Waals surface area contributed by atoms with Crippen molar-refractivity contribution in [2.45, 2.75) is 58.1 Å². The zero-order chi connectivity index (χ0) is 15.7. The Morgan fingerprint density at radius 2 is 2.05 bits per heavy atom. The van der Waals surface area contributed by atoms with Gasteiger partial charge in [0.25, 0.3) is 0 Å². The van der Waals surface area contributed by atoms with Gasteiger partial charge in [-0.2, -0.15) is 5.10 Å². The first kappa shape index (κ1) is 16.9. The highest BCUT2D eigenvalue weighted by Crippen LogP contribution is 2.43. The summed E-state index contributed by atoms with van der Waals surface area (Å²) >= 11 is 0. The molecule has 0 bridgehead atoms. The average Bonchev–Trinajstić information content (AvgIpc) is 2.68. The number of esters is 1. The Hall–Kier alpha value is -1.14. The maximum Gasteiger partial charge on any atom is 0.327 e. The van der Waals surface area contributed by atoms with E-state index in [1.54, 1.807) is 4.68 Å². The number of carbonyl (C=O) groups is 1. The van der Waals surface area contributed by atoms with Crippen LogP contribution in [0.4, 0.5) is 0 Å². The van der Waals surface area contributed by atoms with E-state index in [0.29, 0.717) is 5.69 Å². The van der Waals surface area contributed by atoms with Crippen LogP contribution < -0.4 is 0 Å². The van der Waals surface area contributed by atoms with Crippen LogP contribution >= 0.6 is 0 Å². The first-order valence-electron chi connectivity index (χ1n) is 6.80. The van der Waals surface area contributed by atoms with Crippen LogP contribution in [-0.2, 0) is 16.1 Å². The molecule has 1 heterocycles. The van der Waals surface area contributed by atoms with Crippen molar-refractivity contribution in [1.82, 2.24) is 9.78 Å². The summed E-state index contributed by atoms with van der Waals surface area (Å²) in [5, 5.41) is 15.1. The molecule has 0 aliphatic rings. The lowest BCUT2D eigenvalue weighted by atomic mass is 10.2. The second kappa shape index (κ2) is 5.69. The lowest BCUT2D eigenvalue weighted by Crippen LogP contribution is -2.44. The van der Waals surface area contributed by atoms with Crippen LogP contribution in [0.3, 0.4) is 0 Å². The highest BCUT2D eigenvalue weighted by Gasteiger charge is 2.43. The van der Waals surface area contributed by atoms with Crippen LogP contribution in [0, 0.1) is 6.92 Å². The molecule has 0 saturated heterocycles. The van der Waals surface area contributed by atoms with E-state index < -0.39 is 13.8 Å². The van der Waals surface area contributed by atoms with Gasteiger partial charge in [-0.05, 0) is 18.0 Å². The highest BCUT2D eigenvalue weighted by atomic mass is 28.3. The number of methoxy groups -OCH3 is 1. The molecule has 0 saturated carbocycles. The standard InChI is InChI=1S/C14H26N2O3Si/c1-10-8-11(15-16(10)9-12(17)19-5)13(18)20(6,7)14(2,3)4/h8,13,18H,9H2,1-7H3. The number of aryl methyl sites for hydroxylation is 1. The van der Waals surface area contributed by atoms with Gasteiger partial charge in [0.2, 0.25) is 0 Å². The van der Waals surface area contributed by atoms with Crippen LogP contribution in [0.25, 0.3) is 0 Å². The van der Waals surface area contributed by atoms with E-state index in [2.05, 4.69) is 43.7 Å². The van der Waals surface area contributed by atoms with Gasteiger partial charge in [-0.1, -0.05) is 33.9 Å². The van der Waals surface area contributed by atoms with Gasteiger partial charge < -0.3 is 9.84 Å². The fraction of sp³-hybridized carbons (Fsp3) is 0.714. The van der Waals surface area contributed by atoms with E-state index >= 15 is 0 Å². The van der Waals surface area contributed by atoms with Crippen molar-refractivity contribution in [2.24, 2.45) is 0 Å². The van der Waals surface area contributed by atoms with Gasteiger partial charge in [0, 0.05) is 5.69 Å². The Morgan fingerprint density at radius 3 is 2.50 bits per heavy atom. The summed E-state index contributed by atoms with van der Waals surface area (Å²) in [4.78, 5) is 11.3. The van der Waals surface area contributed by atoms with E-state index in [1.807, 2.05) is 13.0 Å². The van der Waals surface area contributed by atoms with Gasteiger partial charge >= 0.3 is 5.97 Å². The van der Waals surface area contributed by atoms with Gasteiger partial charge in [-0.25, -0.2) is 0 Å². The molecule has 1 atom stereocenters. The van der Waals surface area contributed by atoms with Crippen molar-refractivity contribution in [3.63, 3.8) is 0 Å². The Labute approximate surface area is 122 Å². The Morgan fingerprint density at radius 1 is 1.50 bits per heavy atom. The fourth-order valence-corrected chi connectivity index (χ4v) is 3.50. The lowest BCUT2D eigenvalue weighted by molar-refractivity contribution is -0.141. The minimum absolute atomic E-state index is 0.0620.